The molecule has 0 spiro atoms. The van der Waals surface area contributed by atoms with E-state index in [1.165, 1.54) is 32.2 Å². The molecule has 0 aliphatic heterocycles. The molecule has 1 aromatic rings. The fourth-order valence-electron chi connectivity index (χ4n) is 1.45. The fraction of sp³-hybridized carbons (Fsp3) is 0.333. The Labute approximate surface area is 107 Å². The highest BCUT2D eigenvalue weighted by molar-refractivity contribution is 7.89. The SMILES string of the molecule is Cc1cc(C#N)ccc1S(=O)(=O)N(C)C(C)C#N. The van der Waals surface area contributed by atoms with Gasteiger partial charge in [0.25, 0.3) is 0 Å². The van der Waals surface area contributed by atoms with Crippen molar-refractivity contribution >= 4 is 10.0 Å². The lowest BCUT2D eigenvalue weighted by molar-refractivity contribution is 0.441. The summed E-state index contributed by atoms with van der Waals surface area (Å²) in [5.74, 6) is 0. The van der Waals surface area contributed by atoms with Gasteiger partial charge in [0.05, 0.1) is 22.6 Å². The molecule has 0 fully saturated rings. The van der Waals surface area contributed by atoms with Crippen LogP contribution in [-0.4, -0.2) is 25.8 Å². The van der Waals surface area contributed by atoms with Crippen LogP contribution >= 0.6 is 0 Å². The van der Waals surface area contributed by atoms with E-state index in [9.17, 15) is 8.42 Å². The second-order valence-corrected chi connectivity index (χ2v) is 5.88. The quantitative estimate of drug-likeness (QED) is 0.825. The third-order valence-electron chi connectivity index (χ3n) is 2.69. The first-order chi connectivity index (χ1) is 8.34. The maximum absolute atomic E-state index is 12.2. The average molecular weight is 263 g/mol. The number of nitrogens with zero attached hydrogens (tertiary/aromatic N) is 3. The number of aryl methyl sites for hydroxylation is 1. The Kier molecular flexibility index (Phi) is 4.07. The minimum absolute atomic E-state index is 0.117. The number of benzene rings is 1. The van der Waals surface area contributed by atoms with Crippen LogP contribution in [0, 0.1) is 29.6 Å². The topological polar surface area (TPSA) is 85.0 Å². The molecule has 0 amide bonds. The Morgan fingerprint density at radius 2 is 1.94 bits per heavy atom. The van der Waals surface area contributed by atoms with E-state index in [0.717, 1.165) is 4.31 Å². The summed E-state index contributed by atoms with van der Waals surface area (Å²) in [6.45, 7) is 3.13. The number of nitriles is 2. The molecule has 0 aliphatic rings. The fourth-order valence-corrected chi connectivity index (χ4v) is 2.93. The first-order valence-electron chi connectivity index (χ1n) is 5.23. The van der Waals surface area contributed by atoms with Gasteiger partial charge >= 0.3 is 0 Å². The summed E-state index contributed by atoms with van der Waals surface area (Å²) in [6.07, 6.45) is 0. The van der Waals surface area contributed by atoms with Crippen LogP contribution in [-0.2, 0) is 10.0 Å². The Bertz CT molecular complexity index is 638. The number of hydrogen-bond donors (Lipinski definition) is 0. The van der Waals surface area contributed by atoms with Crippen molar-refractivity contribution in [2.24, 2.45) is 0 Å². The van der Waals surface area contributed by atoms with Crippen LogP contribution in [0.3, 0.4) is 0 Å². The highest BCUT2D eigenvalue weighted by Gasteiger charge is 2.26. The van der Waals surface area contributed by atoms with Crippen molar-refractivity contribution in [3.63, 3.8) is 0 Å². The molecular weight excluding hydrogens is 250 g/mol. The van der Waals surface area contributed by atoms with E-state index in [4.69, 9.17) is 10.5 Å². The number of sulfonamides is 1. The Morgan fingerprint density at radius 1 is 1.33 bits per heavy atom. The maximum Gasteiger partial charge on any atom is 0.244 e. The van der Waals surface area contributed by atoms with E-state index >= 15 is 0 Å². The predicted octanol–water partition coefficient (Wildman–Crippen LogP) is 1.40. The summed E-state index contributed by atoms with van der Waals surface area (Å²) in [4.78, 5) is 0.117. The smallest absolute Gasteiger partial charge is 0.207 e. The van der Waals surface area contributed by atoms with E-state index in [1.807, 2.05) is 12.1 Å². The van der Waals surface area contributed by atoms with E-state index < -0.39 is 16.1 Å². The standard InChI is InChI=1S/C12H13N3O2S/c1-9-6-11(8-14)4-5-12(9)18(16,17)15(3)10(2)7-13/h4-6,10H,1-3H3. The first-order valence-corrected chi connectivity index (χ1v) is 6.67. The second-order valence-electron chi connectivity index (χ2n) is 3.92. The molecule has 0 aliphatic carbocycles. The lowest BCUT2D eigenvalue weighted by atomic mass is 10.2. The molecule has 6 heteroatoms. The Morgan fingerprint density at radius 3 is 2.39 bits per heavy atom. The monoisotopic (exact) mass is 263 g/mol. The normalized spacial score (nSPS) is 12.8. The van der Waals surface area contributed by atoms with Gasteiger partial charge in [-0.25, -0.2) is 8.42 Å². The molecule has 0 bridgehead atoms. The third-order valence-corrected chi connectivity index (χ3v) is 4.78. The first kappa shape index (κ1) is 14.2. The van der Waals surface area contributed by atoms with Crippen LogP contribution in [0.15, 0.2) is 23.1 Å². The zero-order valence-electron chi connectivity index (χ0n) is 10.4. The molecule has 1 rings (SSSR count). The van der Waals surface area contributed by atoms with Crippen molar-refractivity contribution in [3.05, 3.63) is 29.3 Å². The molecule has 0 aromatic heterocycles. The van der Waals surface area contributed by atoms with E-state index in [0.29, 0.717) is 11.1 Å². The predicted molar refractivity (Wildman–Crippen MR) is 65.9 cm³/mol. The summed E-state index contributed by atoms with van der Waals surface area (Å²) in [7, 11) is -2.34. The van der Waals surface area contributed by atoms with Gasteiger partial charge in [0, 0.05) is 7.05 Å². The summed E-state index contributed by atoms with van der Waals surface area (Å²) in [6, 6.07) is 7.43. The van der Waals surface area contributed by atoms with E-state index in [1.54, 1.807) is 6.92 Å². The van der Waals surface area contributed by atoms with Crippen molar-refractivity contribution in [3.8, 4) is 12.1 Å². The van der Waals surface area contributed by atoms with Crippen molar-refractivity contribution < 1.29 is 8.42 Å². The highest BCUT2D eigenvalue weighted by atomic mass is 32.2. The van der Waals surface area contributed by atoms with Crippen LogP contribution in [0.25, 0.3) is 0 Å². The van der Waals surface area contributed by atoms with E-state index in [2.05, 4.69) is 0 Å². The molecule has 1 aromatic carbocycles. The lowest BCUT2D eigenvalue weighted by Crippen LogP contribution is -2.34. The van der Waals surface area contributed by atoms with Gasteiger partial charge in [-0.3, -0.25) is 0 Å². The van der Waals surface area contributed by atoms with E-state index in [-0.39, 0.29) is 4.90 Å². The molecular formula is C12H13N3O2S. The molecule has 5 nitrogen and oxygen atoms in total. The summed E-state index contributed by atoms with van der Waals surface area (Å²) in [5.41, 5.74) is 0.897. The zero-order chi connectivity index (χ0) is 13.9. The molecule has 0 saturated heterocycles. The molecule has 18 heavy (non-hydrogen) atoms. The van der Waals surface area contributed by atoms with Crippen molar-refractivity contribution in [2.45, 2.75) is 24.8 Å². The van der Waals surface area contributed by atoms with Gasteiger partial charge in [-0.05, 0) is 37.6 Å². The minimum atomic E-state index is -3.70. The molecule has 1 unspecified atom stereocenters. The maximum atomic E-state index is 12.2. The number of hydrogen-bond acceptors (Lipinski definition) is 4. The van der Waals surface area contributed by atoms with Crippen molar-refractivity contribution in [2.75, 3.05) is 7.05 Å². The van der Waals surface area contributed by atoms with Gasteiger partial charge in [0.1, 0.15) is 6.04 Å². The zero-order valence-corrected chi connectivity index (χ0v) is 11.2. The Balaban J connectivity index is 3.31. The lowest BCUT2D eigenvalue weighted by Gasteiger charge is -2.20. The summed E-state index contributed by atoms with van der Waals surface area (Å²) in [5, 5.41) is 17.5. The van der Waals surface area contributed by atoms with Gasteiger partial charge in [-0.1, -0.05) is 0 Å². The van der Waals surface area contributed by atoms with Crippen LogP contribution in [0.4, 0.5) is 0 Å². The third kappa shape index (κ3) is 2.51. The number of rotatable bonds is 3. The van der Waals surface area contributed by atoms with Gasteiger partial charge in [0.15, 0.2) is 0 Å². The summed E-state index contributed by atoms with van der Waals surface area (Å²) < 4.78 is 25.5. The molecule has 1 atom stereocenters. The molecule has 0 radical (unpaired) electrons. The van der Waals surface area contributed by atoms with Crippen molar-refractivity contribution in [1.29, 1.82) is 10.5 Å². The van der Waals surface area contributed by atoms with Gasteiger partial charge in [-0.15, -0.1) is 0 Å². The second kappa shape index (κ2) is 5.18. The highest BCUT2D eigenvalue weighted by Crippen LogP contribution is 2.21. The average Bonchev–Trinajstić information content (AvgIpc) is 2.36. The van der Waals surface area contributed by atoms with Crippen LogP contribution in [0.5, 0.6) is 0 Å². The van der Waals surface area contributed by atoms with Crippen molar-refractivity contribution in [1.82, 2.24) is 4.31 Å². The van der Waals surface area contributed by atoms with Crippen LogP contribution in [0.2, 0.25) is 0 Å². The van der Waals surface area contributed by atoms with Gasteiger partial charge in [-0.2, -0.15) is 14.8 Å². The van der Waals surface area contributed by atoms with Crippen LogP contribution < -0.4 is 0 Å². The van der Waals surface area contributed by atoms with Crippen LogP contribution in [0.1, 0.15) is 18.1 Å². The molecule has 94 valence electrons. The molecule has 0 N–H and O–H groups in total. The molecule has 0 saturated carbocycles. The molecule has 0 heterocycles. The minimum Gasteiger partial charge on any atom is -0.207 e. The summed E-state index contributed by atoms with van der Waals surface area (Å²) >= 11 is 0. The largest absolute Gasteiger partial charge is 0.244 e. The Hall–Kier alpha value is -1.89. The van der Waals surface area contributed by atoms with Gasteiger partial charge in [0.2, 0.25) is 10.0 Å². The van der Waals surface area contributed by atoms with Gasteiger partial charge < -0.3 is 0 Å².